The highest BCUT2D eigenvalue weighted by atomic mass is 32.1. The van der Waals surface area contributed by atoms with E-state index < -0.39 is 0 Å². The van der Waals surface area contributed by atoms with Gasteiger partial charge < -0.3 is 15.8 Å². The minimum absolute atomic E-state index is 0.109. The first kappa shape index (κ1) is 14.4. The molecular formula is C15H18N2O2S. The molecule has 0 unspecified atom stereocenters. The fraction of sp³-hybridized carbons (Fsp3) is 0.267. The zero-order valence-corrected chi connectivity index (χ0v) is 12.4. The van der Waals surface area contributed by atoms with Gasteiger partial charge in [-0.2, -0.15) is 0 Å². The van der Waals surface area contributed by atoms with Crippen molar-refractivity contribution in [2.45, 2.75) is 26.5 Å². The van der Waals surface area contributed by atoms with Crippen LogP contribution in [0.3, 0.4) is 0 Å². The molecule has 1 aromatic heterocycles. The molecule has 0 saturated heterocycles. The average Bonchev–Trinajstić information content (AvgIpc) is 2.82. The van der Waals surface area contributed by atoms with Crippen molar-refractivity contribution in [1.82, 2.24) is 0 Å². The van der Waals surface area contributed by atoms with E-state index in [4.69, 9.17) is 10.5 Å². The minimum Gasteiger partial charge on any atom is -0.459 e. The summed E-state index contributed by atoms with van der Waals surface area (Å²) in [4.78, 5) is 12.8. The Labute approximate surface area is 122 Å². The molecule has 0 aliphatic heterocycles. The maximum atomic E-state index is 11.7. The molecule has 0 saturated carbocycles. The van der Waals surface area contributed by atoms with Gasteiger partial charge in [0.15, 0.2) is 0 Å². The second-order valence-electron chi connectivity index (χ2n) is 4.68. The van der Waals surface area contributed by atoms with Gasteiger partial charge in [0.05, 0.1) is 18.2 Å². The second kappa shape index (κ2) is 6.43. The molecule has 0 fully saturated rings. The van der Waals surface area contributed by atoms with E-state index in [1.165, 1.54) is 0 Å². The van der Waals surface area contributed by atoms with Gasteiger partial charge in [0.2, 0.25) is 0 Å². The van der Waals surface area contributed by atoms with E-state index in [1.807, 2.05) is 37.4 Å². The van der Waals surface area contributed by atoms with E-state index in [-0.39, 0.29) is 12.1 Å². The number of esters is 1. The first-order chi connectivity index (χ1) is 9.56. The smallest absolute Gasteiger partial charge is 0.338 e. The van der Waals surface area contributed by atoms with E-state index in [2.05, 4.69) is 5.32 Å². The van der Waals surface area contributed by atoms with Gasteiger partial charge in [-0.25, -0.2) is 4.79 Å². The molecule has 1 aromatic carbocycles. The quantitative estimate of drug-likeness (QED) is 0.827. The summed E-state index contributed by atoms with van der Waals surface area (Å²) >= 11 is 1.62. The first-order valence-electron chi connectivity index (χ1n) is 6.43. The number of hydrogen-bond donors (Lipinski definition) is 2. The van der Waals surface area contributed by atoms with Crippen molar-refractivity contribution in [2.24, 2.45) is 0 Å². The number of benzene rings is 1. The molecule has 106 valence electrons. The number of thiophene rings is 1. The lowest BCUT2D eigenvalue weighted by Gasteiger charge is -2.09. The Kier molecular flexibility index (Phi) is 4.63. The highest BCUT2D eigenvalue weighted by Gasteiger charge is 2.08. The summed E-state index contributed by atoms with van der Waals surface area (Å²) in [6.45, 7) is 4.35. The Hall–Kier alpha value is -2.01. The Morgan fingerprint density at radius 3 is 2.55 bits per heavy atom. The predicted octanol–water partition coefficient (Wildman–Crippen LogP) is 3.51. The van der Waals surface area contributed by atoms with Crippen LogP contribution in [0.1, 0.15) is 29.1 Å². The third kappa shape index (κ3) is 3.74. The zero-order chi connectivity index (χ0) is 14.5. The standard InChI is InChI=1S/C15H18N2O2S/c1-10(2)19-15(18)11-3-5-12(6-4-11)17-9-14-13(16)7-8-20-14/h3-8,10,17H,9,16H2,1-2H3. The number of carbonyl (C=O) groups is 1. The number of anilines is 2. The van der Waals surface area contributed by atoms with E-state index in [1.54, 1.807) is 23.5 Å². The number of ether oxygens (including phenoxy) is 1. The molecule has 0 radical (unpaired) electrons. The van der Waals surface area contributed by atoms with Crippen LogP contribution in [0, 0.1) is 0 Å². The summed E-state index contributed by atoms with van der Waals surface area (Å²) in [5.74, 6) is -0.297. The van der Waals surface area contributed by atoms with E-state index in [0.29, 0.717) is 12.1 Å². The molecule has 2 aromatic rings. The SMILES string of the molecule is CC(C)OC(=O)c1ccc(NCc2sccc2N)cc1. The summed E-state index contributed by atoms with van der Waals surface area (Å²) in [6, 6.07) is 9.13. The lowest BCUT2D eigenvalue weighted by molar-refractivity contribution is 0.0378. The number of rotatable bonds is 5. The fourth-order valence-electron chi connectivity index (χ4n) is 1.68. The van der Waals surface area contributed by atoms with Crippen LogP contribution in [0.5, 0.6) is 0 Å². The molecule has 20 heavy (non-hydrogen) atoms. The van der Waals surface area contributed by atoms with Gasteiger partial charge in [-0.3, -0.25) is 0 Å². The van der Waals surface area contributed by atoms with Crippen molar-refractivity contribution < 1.29 is 9.53 Å². The summed E-state index contributed by atoms with van der Waals surface area (Å²) in [6.07, 6.45) is -0.109. The lowest BCUT2D eigenvalue weighted by Crippen LogP contribution is -2.11. The van der Waals surface area contributed by atoms with Crippen LogP contribution < -0.4 is 11.1 Å². The molecule has 0 spiro atoms. The van der Waals surface area contributed by atoms with Gasteiger partial charge in [0.25, 0.3) is 0 Å². The molecule has 1 heterocycles. The predicted molar refractivity (Wildman–Crippen MR) is 83.1 cm³/mol. The average molecular weight is 290 g/mol. The summed E-state index contributed by atoms with van der Waals surface area (Å²) in [5.41, 5.74) is 8.13. The first-order valence-corrected chi connectivity index (χ1v) is 7.31. The van der Waals surface area contributed by atoms with Crippen LogP contribution >= 0.6 is 11.3 Å². The van der Waals surface area contributed by atoms with Crippen LogP contribution in [-0.4, -0.2) is 12.1 Å². The third-order valence-electron chi connectivity index (χ3n) is 2.70. The molecular weight excluding hydrogens is 272 g/mol. The largest absolute Gasteiger partial charge is 0.459 e. The van der Waals surface area contributed by atoms with Gasteiger partial charge in [-0.15, -0.1) is 11.3 Å². The Bertz CT molecular complexity index is 576. The van der Waals surface area contributed by atoms with Crippen LogP contribution in [0.4, 0.5) is 11.4 Å². The van der Waals surface area contributed by atoms with Gasteiger partial charge in [0.1, 0.15) is 0 Å². The number of nitrogens with one attached hydrogen (secondary N) is 1. The Morgan fingerprint density at radius 1 is 1.30 bits per heavy atom. The van der Waals surface area contributed by atoms with Crippen molar-refractivity contribution >= 4 is 28.7 Å². The van der Waals surface area contributed by atoms with Crippen LogP contribution in [0.25, 0.3) is 0 Å². The Balaban J connectivity index is 1.95. The minimum atomic E-state index is -0.297. The van der Waals surface area contributed by atoms with E-state index >= 15 is 0 Å². The monoisotopic (exact) mass is 290 g/mol. The fourth-order valence-corrected chi connectivity index (χ4v) is 2.42. The van der Waals surface area contributed by atoms with Crippen molar-refractivity contribution in [3.63, 3.8) is 0 Å². The second-order valence-corrected chi connectivity index (χ2v) is 5.68. The number of hydrogen-bond acceptors (Lipinski definition) is 5. The molecule has 0 aliphatic rings. The van der Waals surface area contributed by atoms with Crippen LogP contribution in [0.2, 0.25) is 0 Å². The topological polar surface area (TPSA) is 64.3 Å². The molecule has 0 atom stereocenters. The number of nitrogen functional groups attached to an aromatic ring is 1. The summed E-state index contributed by atoms with van der Waals surface area (Å²) in [7, 11) is 0. The zero-order valence-electron chi connectivity index (χ0n) is 11.6. The van der Waals surface area contributed by atoms with E-state index in [9.17, 15) is 4.79 Å². The number of carbonyl (C=O) groups excluding carboxylic acids is 1. The summed E-state index contributed by atoms with van der Waals surface area (Å²) < 4.78 is 5.14. The number of nitrogens with two attached hydrogens (primary N) is 1. The maximum Gasteiger partial charge on any atom is 0.338 e. The molecule has 5 heteroatoms. The molecule has 4 nitrogen and oxygen atoms in total. The highest BCUT2D eigenvalue weighted by Crippen LogP contribution is 2.20. The normalized spacial score (nSPS) is 10.6. The van der Waals surface area contributed by atoms with Gasteiger partial charge in [0, 0.05) is 16.3 Å². The Morgan fingerprint density at radius 2 is 2.00 bits per heavy atom. The lowest BCUT2D eigenvalue weighted by atomic mass is 10.2. The van der Waals surface area contributed by atoms with Crippen LogP contribution in [-0.2, 0) is 11.3 Å². The van der Waals surface area contributed by atoms with Crippen molar-refractivity contribution in [1.29, 1.82) is 0 Å². The molecule has 2 rings (SSSR count). The molecule has 0 amide bonds. The molecule has 0 bridgehead atoms. The van der Waals surface area contributed by atoms with Gasteiger partial charge >= 0.3 is 5.97 Å². The van der Waals surface area contributed by atoms with Crippen molar-refractivity contribution in [2.75, 3.05) is 11.1 Å². The van der Waals surface area contributed by atoms with Crippen molar-refractivity contribution in [3.05, 3.63) is 46.2 Å². The van der Waals surface area contributed by atoms with E-state index in [0.717, 1.165) is 16.3 Å². The molecule has 0 aliphatic carbocycles. The maximum absolute atomic E-state index is 11.7. The molecule has 3 N–H and O–H groups in total. The van der Waals surface area contributed by atoms with Crippen molar-refractivity contribution in [3.8, 4) is 0 Å². The van der Waals surface area contributed by atoms with Gasteiger partial charge in [-0.1, -0.05) is 0 Å². The van der Waals surface area contributed by atoms with Crippen LogP contribution in [0.15, 0.2) is 35.7 Å². The summed E-state index contributed by atoms with van der Waals surface area (Å²) in [5, 5.41) is 5.24. The third-order valence-corrected chi connectivity index (χ3v) is 3.63. The van der Waals surface area contributed by atoms with Gasteiger partial charge in [-0.05, 0) is 49.6 Å². The highest BCUT2D eigenvalue weighted by molar-refractivity contribution is 7.10.